The Labute approximate surface area is 121 Å². The number of esters is 1. The minimum atomic E-state index is -0.438. The van der Waals surface area contributed by atoms with Gasteiger partial charge in [-0.25, -0.2) is 4.99 Å². The molecule has 1 heterocycles. The predicted molar refractivity (Wildman–Crippen MR) is 80.3 cm³/mol. The van der Waals surface area contributed by atoms with E-state index >= 15 is 0 Å². The van der Waals surface area contributed by atoms with Crippen molar-refractivity contribution in [2.45, 2.75) is 39.7 Å². The maximum Gasteiger partial charge on any atom is 0.311 e. The van der Waals surface area contributed by atoms with Gasteiger partial charge in [0.2, 0.25) is 0 Å². The number of aliphatic imine (C=N–C) groups is 1. The van der Waals surface area contributed by atoms with E-state index in [-0.39, 0.29) is 11.9 Å². The van der Waals surface area contributed by atoms with E-state index < -0.39 is 5.60 Å². The van der Waals surface area contributed by atoms with Gasteiger partial charge in [0, 0.05) is 19.6 Å². The first-order chi connectivity index (χ1) is 9.37. The molecule has 0 saturated carbocycles. The van der Waals surface area contributed by atoms with E-state index in [0.29, 0.717) is 13.1 Å². The number of carbonyl (C=O) groups is 1. The summed E-state index contributed by atoms with van der Waals surface area (Å²) in [6, 6.07) is 0. The number of carbonyl (C=O) groups excluding carboxylic acids is 1. The molecule has 1 fully saturated rings. The van der Waals surface area contributed by atoms with Gasteiger partial charge in [-0.05, 0) is 34.1 Å². The highest BCUT2D eigenvalue weighted by molar-refractivity contribution is 5.82. The minimum absolute atomic E-state index is 0.0936. The van der Waals surface area contributed by atoms with Gasteiger partial charge in [0.15, 0.2) is 5.96 Å². The van der Waals surface area contributed by atoms with Crippen LogP contribution >= 0.6 is 0 Å². The van der Waals surface area contributed by atoms with Crippen LogP contribution in [-0.4, -0.2) is 48.6 Å². The van der Waals surface area contributed by atoms with E-state index in [9.17, 15) is 4.79 Å². The zero-order valence-corrected chi connectivity index (χ0v) is 12.9. The first kappa shape index (κ1) is 16.4. The number of likely N-dealkylation sites (tertiary alicyclic amines) is 1. The third-order valence-electron chi connectivity index (χ3n) is 2.88. The van der Waals surface area contributed by atoms with Crippen LogP contribution in [0.4, 0.5) is 0 Å². The van der Waals surface area contributed by atoms with Gasteiger partial charge in [0.1, 0.15) is 12.1 Å². The van der Waals surface area contributed by atoms with E-state index in [1.54, 1.807) is 0 Å². The van der Waals surface area contributed by atoms with Crippen LogP contribution in [0.15, 0.2) is 4.99 Å². The molecule has 0 aliphatic carbocycles. The first-order valence-corrected chi connectivity index (χ1v) is 7.07. The van der Waals surface area contributed by atoms with Crippen LogP contribution in [0.1, 0.15) is 34.1 Å². The Morgan fingerprint density at radius 2 is 2.25 bits per heavy atom. The normalized spacial score (nSPS) is 19.6. The fourth-order valence-electron chi connectivity index (χ4n) is 2.08. The third-order valence-corrected chi connectivity index (χ3v) is 2.88. The number of nitrogens with one attached hydrogen (secondary N) is 1. The van der Waals surface area contributed by atoms with Crippen LogP contribution in [0.5, 0.6) is 0 Å². The van der Waals surface area contributed by atoms with Gasteiger partial charge in [-0.1, -0.05) is 5.92 Å². The smallest absolute Gasteiger partial charge is 0.311 e. The highest BCUT2D eigenvalue weighted by Gasteiger charge is 2.33. The quantitative estimate of drug-likeness (QED) is 0.366. The molecular formula is C15H25N3O2. The van der Waals surface area contributed by atoms with Gasteiger partial charge in [-0.3, -0.25) is 4.79 Å². The third kappa shape index (κ3) is 5.12. The average molecular weight is 279 g/mol. The van der Waals surface area contributed by atoms with Crippen molar-refractivity contribution in [2.75, 3.05) is 26.2 Å². The molecule has 1 N–H and O–H groups in total. The lowest BCUT2D eigenvalue weighted by atomic mass is 10.1. The van der Waals surface area contributed by atoms with Gasteiger partial charge < -0.3 is 15.0 Å². The summed E-state index contributed by atoms with van der Waals surface area (Å²) in [5.74, 6) is 3.05. The molecule has 0 spiro atoms. The molecule has 0 aromatic rings. The number of hydrogen-bond acceptors (Lipinski definition) is 3. The largest absolute Gasteiger partial charge is 0.460 e. The van der Waals surface area contributed by atoms with Crippen molar-refractivity contribution in [3.05, 3.63) is 0 Å². The van der Waals surface area contributed by atoms with Gasteiger partial charge in [0.05, 0.1) is 5.92 Å². The fraction of sp³-hybridized carbons (Fsp3) is 0.733. The number of hydrogen-bond donors (Lipinski definition) is 1. The molecule has 1 aliphatic heterocycles. The molecule has 0 aromatic heterocycles. The fourth-order valence-corrected chi connectivity index (χ4v) is 2.08. The van der Waals surface area contributed by atoms with Crippen molar-refractivity contribution < 1.29 is 9.53 Å². The summed E-state index contributed by atoms with van der Waals surface area (Å²) in [5.41, 5.74) is -0.438. The summed E-state index contributed by atoms with van der Waals surface area (Å²) in [7, 11) is 0. The SMILES string of the molecule is C#CCN=C(NCC)N1CCC(C(=O)OC(C)(C)C)C1. The molecule has 1 saturated heterocycles. The first-order valence-electron chi connectivity index (χ1n) is 7.07. The van der Waals surface area contributed by atoms with Crippen LogP contribution in [-0.2, 0) is 9.53 Å². The van der Waals surface area contributed by atoms with Crippen molar-refractivity contribution >= 4 is 11.9 Å². The molecule has 1 aliphatic rings. The van der Waals surface area contributed by atoms with Crippen molar-refractivity contribution in [1.29, 1.82) is 0 Å². The summed E-state index contributed by atoms with van der Waals surface area (Å²) < 4.78 is 5.43. The van der Waals surface area contributed by atoms with Crippen LogP contribution in [0, 0.1) is 18.3 Å². The number of ether oxygens (including phenoxy) is 1. The second kappa shape index (κ2) is 7.18. The van der Waals surface area contributed by atoms with E-state index in [1.807, 2.05) is 27.7 Å². The lowest BCUT2D eigenvalue weighted by molar-refractivity contribution is -0.159. The van der Waals surface area contributed by atoms with Crippen molar-refractivity contribution in [1.82, 2.24) is 10.2 Å². The Morgan fingerprint density at radius 1 is 1.55 bits per heavy atom. The highest BCUT2D eigenvalue weighted by atomic mass is 16.6. The Morgan fingerprint density at radius 3 is 2.80 bits per heavy atom. The average Bonchev–Trinajstić information content (AvgIpc) is 2.82. The Kier molecular flexibility index (Phi) is 5.87. The monoisotopic (exact) mass is 279 g/mol. The number of guanidine groups is 1. The van der Waals surface area contributed by atoms with Crippen molar-refractivity contribution in [2.24, 2.45) is 10.9 Å². The molecule has 1 rings (SSSR count). The molecule has 1 unspecified atom stereocenters. The van der Waals surface area contributed by atoms with Crippen molar-refractivity contribution in [3.8, 4) is 12.3 Å². The lowest BCUT2D eigenvalue weighted by Crippen LogP contribution is -2.41. The molecule has 5 nitrogen and oxygen atoms in total. The van der Waals surface area contributed by atoms with Crippen LogP contribution < -0.4 is 5.32 Å². The summed E-state index contributed by atoms with van der Waals surface area (Å²) >= 11 is 0. The molecule has 1 atom stereocenters. The number of terminal acetylenes is 1. The molecule has 0 aromatic carbocycles. The molecular weight excluding hydrogens is 254 g/mol. The maximum absolute atomic E-state index is 12.1. The van der Waals surface area contributed by atoms with Crippen molar-refractivity contribution in [3.63, 3.8) is 0 Å². The Balaban J connectivity index is 2.61. The summed E-state index contributed by atoms with van der Waals surface area (Å²) in [4.78, 5) is 18.4. The van der Waals surface area contributed by atoms with E-state index in [1.165, 1.54) is 0 Å². The highest BCUT2D eigenvalue weighted by Crippen LogP contribution is 2.20. The van der Waals surface area contributed by atoms with E-state index in [2.05, 4.69) is 21.1 Å². The Hall–Kier alpha value is -1.70. The standard InChI is InChI=1S/C15H25N3O2/c1-6-9-17-14(16-7-2)18-10-8-12(11-18)13(19)20-15(3,4)5/h1,12H,7-11H2,2-5H3,(H,16,17). The summed E-state index contributed by atoms with van der Waals surface area (Å²) in [6.07, 6.45) is 6.03. The molecule has 20 heavy (non-hydrogen) atoms. The summed E-state index contributed by atoms with van der Waals surface area (Å²) in [6.45, 7) is 10.2. The van der Waals surface area contributed by atoms with E-state index in [0.717, 1.165) is 25.5 Å². The predicted octanol–water partition coefficient (Wildman–Crippen LogP) is 1.25. The molecule has 5 heteroatoms. The van der Waals surface area contributed by atoms with Gasteiger partial charge in [-0.15, -0.1) is 6.42 Å². The lowest BCUT2D eigenvalue weighted by Gasteiger charge is -2.23. The van der Waals surface area contributed by atoms with Crippen LogP contribution in [0.3, 0.4) is 0 Å². The number of nitrogens with zero attached hydrogens (tertiary/aromatic N) is 2. The molecule has 0 amide bonds. The second-order valence-corrected chi connectivity index (χ2v) is 5.84. The topological polar surface area (TPSA) is 53.9 Å². The van der Waals surface area contributed by atoms with Crippen LogP contribution in [0.2, 0.25) is 0 Å². The molecule has 112 valence electrons. The second-order valence-electron chi connectivity index (χ2n) is 5.84. The van der Waals surface area contributed by atoms with Gasteiger partial charge in [0.25, 0.3) is 0 Å². The van der Waals surface area contributed by atoms with Gasteiger partial charge >= 0.3 is 5.97 Å². The molecule has 0 radical (unpaired) electrons. The van der Waals surface area contributed by atoms with Crippen LogP contribution in [0.25, 0.3) is 0 Å². The zero-order chi connectivity index (χ0) is 15.2. The maximum atomic E-state index is 12.1. The molecule has 0 bridgehead atoms. The van der Waals surface area contributed by atoms with E-state index in [4.69, 9.17) is 11.2 Å². The Bertz CT molecular complexity index is 404. The number of rotatable bonds is 3. The summed E-state index contributed by atoms with van der Waals surface area (Å²) in [5, 5.41) is 3.20. The zero-order valence-electron chi connectivity index (χ0n) is 12.9. The minimum Gasteiger partial charge on any atom is -0.460 e. The van der Waals surface area contributed by atoms with Gasteiger partial charge in [-0.2, -0.15) is 0 Å².